The monoisotopic (exact) mass is 308 g/mol. The summed E-state index contributed by atoms with van der Waals surface area (Å²) in [5, 5.41) is 9.87. The molecule has 1 heterocycles. The van der Waals surface area contributed by atoms with Gasteiger partial charge in [-0.15, -0.1) is 0 Å². The first kappa shape index (κ1) is 15.4. The van der Waals surface area contributed by atoms with Gasteiger partial charge in [-0.25, -0.2) is 0 Å². The highest BCUT2D eigenvalue weighted by Gasteiger charge is 2.32. The van der Waals surface area contributed by atoms with Crippen LogP contribution in [0.25, 0.3) is 0 Å². The van der Waals surface area contributed by atoms with E-state index in [1.54, 1.807) is 18.2 Å². The Balaban J connectivity index is 2.00. The number of nitrogens with zero attached hydrogens (tertiary/aromatic N) is 2. The van der Waals surface area contributed by atoms with Crippen molar-refractivity contribution in [3.8, 4) is 0 Å². The molecule has 0 radical (unpaired) electrons. The van der Waals surface area contributed by atoms with Crippen LogP contribution in [-0.4, -0.2) is 48.9 Å². The summed E-state index contributed by atoms with van der Waals surface area (Å²) in [7, 11) is 0. The third-order valence-corrected chi connectivity index (χ3v) is 3.56. The molecule has 20 heavy (non-hydrogen) atoms. The number of aliphatic hydroxyl groups excluding tert-OH is 1. The average molecular weight is 309 g/mol. The molecule has 1 aromatic carbocycles. The van der Waals surface area contributed by atoms with Crippen molar-refractivity contribution in [1.82, 2.24) is 4.90 Å². The summed E-state index contributed by atoms with van der Waals surface area (Å²) < 4.78 is 37.0. The van der Waals surface area contributed by atoms with E-state index in [2.05, 4.69) is 0 Å². The number of piperazine rings is 1. The Kier molecular flexibility index (Phi) is 4.78. The van der Waals surface area contributed by atoms with Crippen molar-refractivity contribution in [3.63, 3.8) is 0 Å². The van der Waals surface area contributed by atoms with Crippen molar-refractivity contribution in [3.05, 3.63) is 28.8 Å². The van der Waals surface area contributed by atoms with Crippen molar-refractivity contribution >= 4 is 17.3 Å². The van der Waals surface area contributed by atoms with Crippen LogP contribution in [0.3, 0.4) is 0 Å². The molecule has 0 aromatic heterocycles. The second kappa shape index (κ2) is 6.20. The van der Waals surface area contributed by atoms with Gasteiger partial charge in [0.2, 0.25) is 0 Å². The normalized spacial score (nSPS) is 17.6. The third-order valence-electron chi connectivity index (χ3n) is 3.33. The number of anilines is 1. The molecule has 1 aliphatic heterocycles. The van der Waals surface area contributed by atoms with Crippen LogP contribution in [0.4, 0.5) is 18.9 Å². The summed E-state index contributed by atoms with van der Waals surface area (Å²) in [6, 6.07) is 5.20. The topological polar surface area (TPSA) is 26.7 Å². The fourth-order valence-corrected chi connectivity index (χ4v) is 2.58. The SMILES string of the molecule is OCc1cc(Cl)ccc1N1CCN(CC(F)(F)F)CC1. The van der Waals surface area contributed by atoms with Gasteiger partial charge in [-0.3, -0.25) is 4.90 Å². The second-order valence-corrected chi connectivity index (χ2v) is 5.25. The zero-order valence-electron chi connectivity index (χ0n) is 10.8. The van der Waals surface area contributed by atoms with Crippen LogP contribution in [-0.2, 0) is 6.61 Å². The molecule has 1 N–H and O–H groups in total. The molecule has 1 aliphatic rings. The van der Waals surface area contributed by atoms with Gasteiger partial charge in [0.1, 0.15) is 0 Å². The number of alkyl halides is 3. The number of halogens is 4. The van der Waals surface area contributed by atoms with Crippen LogP contribution >= 0.6 is 11.6 Å². The van der Waals surface area contributed by atoms with Crippen LogP contribution < -0.4 is 4.90 Å². The maximum atomic E-state index is 12.3. The summed E-state index contributed by atoms with van der Waals surface area (Å²) in [5.74, 6) is 0. The number of hydrogen-bond acceptors (Lipinski definition) is 3. The van der Waals surface area contributed by atoms with Crippen LogP contribution in [0.15, 0.2) is 18.2 Å². The molecule has 0 aliphatic carbocycles. The summed E-state index contributed by atoms with van der Waals surface area (Å²) in [6.45, 7) is 0.711. The number of hydrogen-bond donors (Lipinski definition) is 1. The van der Waals surface area contributed by atoms with Crippen molar-refractivity contribution in [2.45, 2.75) is 12.8 Å². The predicted octanol–water partition coefficient (Wildman–Crippen LogP) is 2.52. The average Bonchev–Trinajstić information content (AvgIpc) is 2.38. The Labute approximate surface area is 120 Å². The summed E-state index contributed by atoms with van der Waals surface area (Å²) in [6.07, 6.45) is -4.15. The first-order valence-electron chi connectivity index (χ1n) is 6.32. The first-order valence-corrected chi connectivity index (χ1v) is 6.70. The summed E-state index contributed by atoms with van der Waals surface area (Å²) in [4.78, 5) is 3.37. The molecule has 0 unspecified atom stereocenters. The molecule has 0 atom stereocenters. The minimum Gasteiger partial charge on any atom is -0.392 e. The van der Waals surface area contributed by atoms with Crippen LogP contribution in [0.2, 0.25) is 5.02 Å². The van der Waals surface area contributed by atoms with Gasteiger partial charge in [0.05, 0.1) is 13.2 Å². The van der Waals surface area contributed by atoms with E-state index in [1.807, 2.05) is 4.90 Å². The number of benzene rings is 1. The van der Waals surface area contributed by atoms with Gasteiger partial charge in [0.25, 0.3) is 0 Å². The molecule has 2 rings (SSSR count). The highest BCUT2D eigenvalue weighted by molar-refractivity contribution is 6.30. The van der Waals surface area contributed by atoms with Gasteiger partial charge >= 0.3 is 6.18 Å². The van der Waals surface area contributed by atoms with Crippen LogP contribution in [0, 0.1) is 0 Å². The molecule has 3 nitrogen and oxygen atoms in total. The number of rotatable bonds is 3. The lowest BCUT2D eigenvalue weighted by atomic mass is 10.1. The highest BCUT2D eigenvalue weighted by Crippen LogP contribution is 2.26. The Morgan fingerprint density at radius 3 is 2.35 bits per heavy atom. The molecular weight excluding hydrogens is 293 g/mol. The van der Waals surface area contributed by atoms with Crippen LogP contribution in [0.5, 0.6) is 0 Å². The molecule has 0 bridgehead atoms. The molecule has 1 saturated heterocycles. The highest BCUT2D eigenvalue weighted by atomic mass is 35.5. The maximum absolute atomic E-state index is 12.3. The molecular formula is C13H16ClF3N2O. The van der Waals surface area contributed by atoms with Crippen molar-refractivity contribution in [2.75, 3.05) is 37.6 Å². The second-order valence-electron chi connectivity index (χ2n) is 4.81. The zero-order valence-corrected chi connectivity index (χ0v) is 11.6. The Bertz CT molecular complexity index is 459. The van der Waals surface area contributed by atoms with Gasteiger partial charge in [-0.1, -0.05) is 11.6 Å². The lowest BCUT2D eigenvalue weighted by molar-refractivity contribution is -0.146. The lowest BCUT2D eigenvalue weighted by Gasteiger charge is -2.37. The molecule has 112 valence electrons. The summed E-state index contributed by atoms with van der Waals surface area (Å²) >= 11 is 5.87. The van der Waals surface area contributed by atoms with Crippen molar-refractivity contribution < 1.29 is 18.3 Å². The van der Waals surface area contributed by atoms with E-state index in [0.717, 1.165) is 5.69 Å². The standard InChI is InChI=1S/C13H16ClF3N2O/c14-11-1-2-12(10(7-11)8-20)19-5-3-18(4-6-19)9-13(15,16)17/h1-2,7,20H,3-6,8-9H2. The van der Waals surface area contributed by atoms with Crippen LogP contribution in [0.1, 0.15) is 5.56 Å². The van der Waals surface area contributed by atoms with Crippen molar-refractivity contribution in [1.29, 1.82) is 0 Å². The largest absolute Gasteiger partial charge is 0.401 e. The molecule has 0 saturated carbocycles. The maximum Gasteiger partial charge on any atom is 0.401 e. The molecule has 0 spiro atoms. The predicted molar refractivity (Wildman–Crippen MR) is 72.1 cm³/mol. The van der Waals surface area contributed by atoms with E-state index in [9.17, 15) is 18.3 Å². The quantitative estimate of drug-likeness (QED) is 0.929. The molecule has 1 aromatic rings. The third kappa shape index (κ3) is 4.01. The minimum absolute atomic E-state index is 0.140. The van der Waals surface area contributed by atoms with E-state index < -0.39 is 12.7 Å². The van der Waals surface area contributed by atoms with Gasteiger partial charge < -0.3 is 10.0 Å². The van der Waals surface area contributed by atoms with E-state index in [0.29, 0.717) is 36.8 Å². The Morgan fingerprint density at radius 1 is 1.15 bits per heavy atom. The number of aliphatic hydroxyl groups is 1. The van der Waals surface area contributed by atoms with E-state index in [4.69, 9.17) is 11.6 Å². The summed E-state index contributed by atoms with van der Waals surface area (Å²) in [5.41, 5.74) is 1.53. The molecule has 7 heteroatoms. The van der Waals surface area contributed by atoms with E-state index in [1.165, 1.54) is 4.90 Å². The lowest BCUT2D eigenvalue weighted by Crippen LogP contribution is -2.49. The van der Waals surface area contributed by atoms with Gasteiger partial charge in [-0.05, 0) is 18.2 Å². The fourth-order valence-electron chi connectivity index (χ4n) is 2.39. The van der Waals surface area contributed by atoms with Gasteiger partial charge in [0.15, 0.2) is 0 Å². The zero-order chi connectivity index (χ0) is 14.8. The molecule has 1 fully saturated rings. The van der Waals surface area contributed by atoms with Crippen molar-refractivity contribution in [2.24, 2.45) is 0 Å². The van der Waals surface area contributed by atoms with E-state index in [-0.39, 0.29) is 6.61 Å². The fraction of sp³-hybridized carbons (Fsp3) is 0.538. The molecule has 0 amide bonds. The van der Waals surface area contributed by atoms with E-state index >= 15 is 0 Å². The van der Waals surface area contributed by atoms with Gasteiger partial charge in [0, 0.05) is 42.5 Å². The Hall–Kier alpha value is -0.980. The Morgan fingerprint density at radius 2 is 1.80 bits per heavy atom. The first-order chi connectivity index (χ1) is 9.39. The minimum atomic E-state index is -4.15. The smallest absolute Gasteiger partial charge is 0.392 e. The van der Waals surface area contributed by atoms with Gasteiger partial charge in [-0.2, -0.15) is 13.2 Å².